The highest BCUT2D eigenvalue weighted by molar-refractivity contribution is 5.98. The van der Waals surface area contributed by atoms with E-state index in [9.17, 15) is 4.79 Å². The smallest absolute Gasteiger partial charge is 0.257 e. The van der Waals surface area contributed by atoms with Crippen LogP contribution in [-0.2, 0) is 53.4 Å². The molecule has 1 amide bonds. The monoisotopic (exact) mass is 1760 g/mol. The Labute approximate surface area is 773 Å². The summed E-state index contributed by atoms with van der Waals surface area (Å²) in [6, 6.07) is 57.6. The first-order valence-corrected chi connectivity index (χ1v) is 47.1. The second-order valence-electron chi connectivity index (χ2n) is 36.1. The van der Waals surface area contributed by atoms with Crippen LogP contribution in [0.2, 0.25) is 0 Å². The molecule has 0 saturated carbocycles. The van der Waals surface area contributed by atoms with Crippen molar-refractivity contribution in [1.82, 2.24) is 79.1 Å². The molecule has 7 aromatic carbocycles. The predicted octanol–water partition coefficient (Wildman–Crippen LogP) is 24.2. The number of para-hydroxylation sites is 1. The van der Waals surface area contributed by atoms with Crippen LogP contribution in [-0.4, -0.2) is 185 Å². The maximum absolute atomic E-state index is 12.9. The number of aromatic amines is 2. The van der Waals surface area contributed by atoms with Crippen LogP contribution in [0.15, 0.2) is 201 Å². The average Bonchev–Trinajstić information content (AvgIpc) is 1.79. The number of hydrogen-bond acceptors (Lipinski definition) is 15. The summed E-state index contributed by atoms with van der Waals surface area (Å²) in [5, 5.41) is 29.0. The molecular weight excluding hydrogens is 1600 g/mol. The Hall–Kier alpha value is -10.9. The lowest BCUT2D eigenvalue weighted by atomic mass is 9.91. The number of benzene rings is 7. The van der Waals surface area contributed by atoms with Crippen LogP contribution in [0.1, 0.15) is 235 Å². The van der Waals surface area contributed by atoms with Crippen LogP contribution in [0.5, 0.6) is 28.7 Å². The molecule has 0 atom stereocenters. The van der Waals surface area contributed by atoms with Gasteiger partial charge in [-0.3, -0.25) is 29.0 Å². The number of nitrogens with one attached hydrogen (secondary N) is 2. The predicted molar refractivity (Wildman–Crippen MR) is 535 cm³/mol. The quantitative estimate of drug-likeness (QED) is 0.0368. The molecule has 21 heteroatoms. The zero-order chi connectivity index (χ0) is 93.5. The summed E-state index contributed by atoms with van der Waals surface area (Å²) in [4.78, 5) is 26.2. The number of H-pyrrole nitrogens is 2. The van der Waals surface area contributed by atoms with Gasteiger partial charge in [-0.2, -0.15) is 25.5 Å². The third-order valence-electron chi connectivity index (χ3n) is 22.0. The van der Waals surface area contributed by atoms with Crippen molar-refractivity contribution in [2.45, 2.75) is 237 Å². The van der Waals surface area contributed by atoms with Crippen LogP contribution in [0.3, 0.4) is 0 Å². The SMILES string of the molecule is CCCCN(C)Cc1[nH]ncc1-c1cc(C(C)C)cc(C(C)C)c1.CCCCN(C)Cc1[nH]ncc1-c1ccc(Oc2ccccc2)c(C(=O)N(C)C)c1.CCCCN(C)Cc1cn(C)nc1-c1ccc(OC(C)C)cc1.CCCCN(C)Cc1cn(Cc2ccccc2)nc1-c1ccc(OC(C)C)cc1.CCCCN(C)Cc1cnn(C)c1-c1ccc(OC(C)C)cc1. The molecule has 21 nitrogen and oxygen atoms in total. The minimum absolute atomic E-state index is 0.104. The van der Waals surface area contributed by atoms with Gasteiger partial charge in [-0.15, -0.1) is 0 Å². The fourth-order valence-electron chi connectivity index (χ4n) is 15.1. The Morgan fingerprint density at radius 2 is 0.798 bits per heavy atom. The topological polar surface area (TPSA) is 184 Å². The van der Waals surface area contributed by atoms with Crippen molar-refractivity contribution in [1.29, 1.82) is 0 Å². The summed E-state index contributed by atoms with van der Waals surface area (Å²) < 4.78 is 29.2. The molecule has 2 N–H and O–H groups in total. The number of rotatable bonds is 43. The molecule has 0 unspecified atom stereocenters. The Kier molecular flexibility index (Phi) is 43.2. The minimum Gasteiger partial charge on any atom is -0.491 e. The third kappa shape index (κ3) is 34.1. The van der Waals surface area contributed by atoms with Crippen molar-refractivity contribution in [2.24, 2.45) is 14.1 Å². The molecular formula is C108H154N16O5. The number of ether oxygens (including phenoxy) is 4. The molecule has 12 aromatic rings. The largest absolute Gasteiger partial charge is 0.491 e. The molecule has 5 aromatic heterocycles. The lowest BCUT2D eigenvalue weighted by Gasteiger charge is -2.18. The molecule has 0 aliphatic rings. The highest BCUT2D eigenvalue weighted by atomic mass is 16.5. The van der Waals surface area contributed by atoms with E-state index >= 15 is 0 Å². The third-order valence-corrected chi connectivity index (χ3v) is 22.0. The van der Waals surface area contributed by atoms with Crippen LogP contribution in [0, 0.1) is 0 Å². The molecule has 5 heterocycles. The highest BCUT2D eigenvalue weighted by Gasteiger charge is 2.23. The van der Waals surface area contributed by atoms with Gasteiger partial charge >= 0.3 is 0 Å². The van der Waals surface area contributed by atoms with Gasteiger partial charge in [0, 0.05) is 118 Å². The van der Waals surface area contributed by atoms with Crippen molar-refractivity contribution in [2.75, 3.05) is 82.1 Å². The maximum atomic E-state index is 12.9. The van der Waals surface area contributed by atoms with Gasteiger partial charge in [0.25, 0.3) is 5.91 Å². The lowest BCUT2D eigenvalue weighted by molar-refractivity contribution is 0.0825. The summed E-state index contributed by atoms with van der Waals surface area (Å²) in [6.07, 6.45) is 22.8. The molecule has 0 aliphatic heterocycles. The van der Waals surface area contributed by atoms with Gasteiger partial charge in [0.1, 0.15) is 28.7 Å². The second-order valence-corrected chi connectivity index (χ2v) is 36.1. The van der Waals surface area contributed by atoms with Crippen molar-refractivity contribution in [3.8, 4) is 84.8 Å². The van der Waals surface area contributed by atoms with Gasteiger partial charge in [-0.1, -0.05) is 167 Å². The van der Waals surface area contributed by atoms with E-state index < -0.39 is 0 Å². The first-order chi connectivity index (χ1) is 62.0. The Morgan fingerprint density at radius 3 is 1.22 bits per heavy atom. The molecule has 0 fully saturated rings. The zero-order valence-corrected chi connectivity index (χ0v) is 82.6. The number of aryl methyl sites for hydroxylation is 2. The van der Waals surface area contributed by atoms with Gasteiger partial charge in [0.2, 0.25) is 0 Å². The zero-order valence-electron chi connectivity index (χ0n) is 82.6. The molecule has 129 heavy (non-hydrogen) atoms. The van der Waals surface area contributed by atoms with Crippen LogP contribution < -0.4 is 18.9 Å². The van der Waals surface area contributed by atoms with Crippen molar-refractivity contribution in [3.05, 3.63) is 251 Å². The van der Waals surface area contributed by atoms with Crippen molar-refractivity contribution in [3.63, 3.8) is 0 Å². The average molecular weight is 1760 g/mol. The molecule has 696 valence electrons. The standard InChI is InChI=1S/C25H33N3O.C24H30N4O2.C21H33N3.2C19H29N3O/c1-5-6-16-27(4)18-23-19-28(17-21-10-8-7-9-11-21)26-25(23)22-12-14-24(15-13-22)29-20(2)3;1-5-6-14-28(4)17-22-21(16-25-26-22)18-12-13-23(20(15-18)24(29)27(2)3)30-19-10-8-7-9-11-19;1-7-8-9-24(6)14-21-20(13-22-23-21)19-11-17(15(2)3)10-18(12-19)16(4)5;1-6-7-12-21(4)13-17-14-22(5)20-19(17)16-8-10-18(11-9-16)23-15(2)3;1-6-7-12-21(4)14-17-13-20-22(5)19(17)16-8-10-18(11-9-16)23-15(2)3/h7-15,19-20H,5-6,16-18H2,1-4H3;7-13,15-16H,5-6,14,17H2,1-4H3,(H,25,26);10-13,15-16H,7-9,14H2,1-6H3,(H,22,23);8-11,14-15H,6-7,12-13H2,1-5H3;8-11,13,15H,6-7,12,14H2,1-5H3. The van der Waals surface area contributed by atoms with E-state index in [4.69, 9.17) is 24.0 Å². The van der Waals surface area contributed by atoms with E-state index in [2.05, 4.69) is 249 Å². The fraction of sp³-hybridized carbons (Fsp3) is 0.463. The van der Waals surface area contributed by atoms with E-state index in [-0.39, 0.29) is 24.2 Å². The van der Waals surface area contributed by atoms with E-state index in [0.29, 0.717) is 28.9 Å². The number of carbonyl (C=O) groups is 1. The van der Waals surface area contributed by atoms with E-state index in [1.807, 2.05) is 175 Å². The van der Waals surface area contributed by atoms with Crippen LogP contribution in [0.4, 0.5) is 0 Å². The van der Waals surface area contributed by atoms with Gasteiger partial charge in [0.15, 0.2) is 0 Å². The van der Waals surface area contributed by atoms with Crippen LogP contribution in [0.25, 0.3) is 56.0 Å². The number of amides is 1. The molecule has 12 rings (SSSR count). The number of unbranched alkanes of at least 4 members (excludes halogenated alkanes) is 5. The normalized spacial score (nSPS) is 11.4. The maximum Gasteiger partial charge on any atom is 0.257 e. The summed E-state index contributed by atoms with van der Waals surface area (Å²) in [7, 11) is 18.3. The van der Waals surface area contributed by atoms with E-state index in [1.165, 1.54) is 119 Å². The molecule has 0 aliphatic carbocycles. The number of nitrogens with zero attached hydrogens (tertiary/aromatic N) is 14. The van der Waals surface area contributed by atoms with E-state index in [0.717, 1.165) is 135 Å². The Morgan fingerprint density at radius 1 is 0.403 bits per heavy atom. The molecule has 0 bridgehead atoms. The summed E-state index contributed by atoms with van der Waals surface area (Å²) in [5.74, 6) is 4.90. The summed E-state index contributed by atoms with van der Waals surface area (Å²) in [5.41, 5.74) is 21.9. The van der Waals surface area contributed by atoms with Crippen molar-refractivity contribution < 1.29 is 23.7 Å². The fourth-order valence-corrected chi connectivity index (χ4v) is 15.1. The summed E-state index contributed by atoms with van der Waals surface area (Å²) >= 11 is 0. The van der Waals surface area contributed by atoms with Gasteiger partial charge < -0.3 is 48.3 Å². The Balaban J connectivity index is 0.000000200. The molecule has 0 radical (unpaired) electrons. The second kappa shape index (κ2) is 53.9. The van der Waals surface area contributed by atoms with E-state index in [1.54, 1.807) is 19.0 Å². The molecule has 0 spiro atoms. The first kappa shape index (κ1) is 103. The van der Waals surface area contributed by atoms with Crippen LogP contribution >= 0.6 is 0 Å². The number of hydrogen-bond donors (Lipinski definition) is 2. The Bertz CT molecular complexity index is 5120. The minimum atomic E-state index is -0.104. The van der Waals surface area contributed by atoms with Gasteiger partial charge in [-0.25, -0.2) is 0 Å². The van der Waals surface area contributed by atoms with Gasteiger partial charge in [-0.05, 0) is 278 Å². The highest BCUT2D eigenvalue weighted by Crippen LogP contribution is 2.36. The first-order valence-electron chi connectivity index (χ1n) is 47.1. The number of aromatic nitrogens is 10. The summed E-state index contributed by atoms with van der Waals surface area (Å²) in [6.45, 7) is 43.1. The van der Waals surface area contributed by atoms with Crippen molar-refractivity contribution >= 4 is 5.91 Å². The molecule has 0 saturated heterocycles. The number of carbonyl (C=O) groups excluding carboxylic acids is 1. The van der Waals surface area contributed by atoms with Gasteiger partial charge in [0.05, 0.1) is 77.5 Å². The lowest BCUT2D eigenvalue weighted by Crippen LogP contribution is -2.22.